The molecule has 0 aromatic heterocycles. The fourth-order valence-electron chi connectivity index (χ4n) is 1.06. The van der Waals surface area contributed by atoms with Crippen molar-refractivity contribution in [3.8, 4) is 0 Å². The van der Waals surface area contributed by atoms with E-state index in [2.05, 4.69) is 5.48 Å². The second kappa shape index (κ2) is 5.14. The molecule has 2 N–H and O–H groups in total. The molecule has 0 amide bonds. The summed E-state index contributed by atoms with van der Waals surface area (Å²) in [6.45, 7) is 0.618. The number of benzene rings is 1. The molecule has 0 fully saturated rings. The van der Waals surface area contributed by atoms with E-state index in [4.69, 9.17) is 16.8 Å². The molecule has 0 aliphatic carbocycles. The molecule has 1 aromatic carbocycles. The summed E-state index contributed by atoms with van der Waals surface area (Å²) in [5.41, 5.74) is 3.33. The summed E-state index contributed by atoms with van der Waals surface area (Å²) in [6, 6.07) is 7.77. The first kappa shape index (κ1) is 9.52. The monoisotopic (exact) mass is 185 g/mol. The largest absolute Gasteiger partial charge is 0.317 e. The Balaban J connectivity index is 2.41. The van der Waals surface area contributed by atoms with Gasteiger partial charge in [0.05, 0.1) is 0 Å². The van der Waals surface area contributed by atoms with E-state index >= 15 is 0 Å². The summed E-state index contributed by atoms with van der Waals surface area (Å²) in [5, 5.41) is 9.09. The van der Waals surface area contributed by atoms with Gasteiger partial charge in [-0.1, -0.05) is 23.7 Å². The van der Waals surface area contributed by atoms with Crippen LogP contribution in [0.4, 0.5) is 0 Å². The van der Waals surface area contributed by atoms with Crippen LogP contribution in [0.5, 0.6) is 0 Å². The summed E-state index contributed by atoms with van der Waals surface area (Å²) in [5.74, 6) is 0. The molecule has 2 nitrogen and oxygen atoms in total. The van der Waals surface area contributed by atoms with Gasteiger partial charge in [-0.25, -0.2) is 5.48 Å². The topological polar surface area (TPSA) is 32.3 Å². The lowest BCUT2D eigenvalue weighted by Crippen LogP contribution is -2.09. The molecule has 3 heteroatoms. The summed E-state index contributed by atoms with van der Waals surface area (Å²) >= 11 is 5.79. The highest BCUT2D eigenvalue weighted by atomic mass is 35.5. The smallest absolute Gasteiger partial charge is 0.0408 e. The van der Waals surface area contributed by atoms with Crippen molar-refractivity contribution in [2.75, 3.05) is 6.54 Å². The number of hydroxylamine groups is 1. The fraction of sp³-hybridized carbons (Fsp3) is 0.333. The zero-order valence-electron chi connectivity index (χ0n) is 6.76. The molecule has 0 unspecified atom stereocenters. The van der Waals surface area contributed by atoms with Gasteiger partial charge in [-0.3, -0.25) is 0 Å². The van der Waals surface area contributed by atoms with Crippen molar-refractivity contribution in [3.63, 3.8) is 0 Å². The van der Waals surface area contributed by atoms with Crippen molar-refractivity contribution in [2.24, 2.45) is 0 Å². The van der Waals surface area contributed by atoms with Crippen LogP contribution in [-0.4, -0.2) is 11.8 Å². The van der Waals surface area contributed by atoms with Gasteiger partial charge in [0.2, 0.25) is 0 Å². The number of hydrogen-bond acceptors (Lipinski definition) is 2. The molecule has 66 valence electrons. The van der Waals surface area contributed by atoms with Crippen LogP contribution in [0.2, 0.25) is 5.02 Å². The second-order valence-electron chi connectivity index (χ2n) is 2.64. The van der Waals surface area contributed by atoms with Crippen molar-refractivity contribution in [2.45, 2.75) is 12.8 Å². The number of nitrogens with one attached hydrogen (secondary N) is 1. The first-order valence-electron chi connectivity index (χ1n) is 3.94. The summed E-state index contributed by atoms with van der Waals surface area (Å²) < 4.78 is 0. The van der Waals surface area contributed by atoms with Gasteiger partial charge >= 0.3 is 0 Å². The molecular weight excluding hydrogens is 174 g/mol. The van der Waals surface area contributed by atoms with Crippen LogP contribution in [0.3, 0.4) is 0 Å². The molecule has 0 heterocycles. The van der Waals surface area contributed by atoms with Crippen LogP contribution >= 0.6 is 11.6 Å². The van der Waals surface area contributed by atoms with E-state index in [1.54, 1.807) is 0 Å². The van der Waals surface area contributed by atoms with Crippen molar-refractivity contribution < 1.29 is 5.21 Å². The van der Waals surface area contributed by atoms with E-state index in [1.165, 1.54) is 5.56 Å². The lowest BCUT2D eigenvalue weighted by Gasteiger charge is -2.00. The molecule has 0 atom stereocenters. The molecule has 0 saturated heterocycles. The van der Waals surface area contributed by atoms with Gasteiger partial charge in [0.25, 0.3) is 0 Å². The minimum absolute atomic E-state index is 0.618. The van der Waals surface area contributed by atoms with E-state index in [-0.39, 0.29) is 0 Å². The Labute approximate surface area is 77.1 Å². The van der Waals surface area contributed by atoms with E-state index in [1.807, 2.05) is 24.3 Å². The highest BCUT2D eigenvalue weighted by Gasteiger charge is 1.93. The Morgan fingerprint density at radius 3 is 2.92 bits per heavy atom. The molecule has 1 aromatic rings. The van der Waals surface area contributed by atoms with Gasteiger partial charge in [0, 0.05) is 11.6 Å². The molecule has 0 radical (unpaired) electrons. The van der Waals surface area contributed by atoms with Gasteiger partial charge in [0.15, 0.2) is 0 Å². The maximum Gasteiger partial charge on any atom is 0.0408 e. The summed E-state index contributed by atoms with van der Waals surface area (Å²) in [4.78, 5) is 0. The minimum atomic E-state index is 0.618. The van der Waals surface area contributed by atoms with Crippen molar-refractivity contribution in [3.05, 3.63) is 34.9 Å². The van der Waals surface area contributed by atoms with E-state index < -0.39 is 0 Å². The molecular formula is C9H12ClNO. The molecule has 1 rings (SSSR count). The first-order chi connectivity index (χ1) is 5.83. The van der Waals surface area contributed by atoms with Crippen LogP contribution in [0, 0.1) is 0 Å². The predicted molar refractivity (Wildman–Crippen MR) is 49.6 cm³/mol. The van der Waals surface area contributed by atoms with Crippen molar-refractivity contribution >= 4 is 11.6 Å². The van der Waals surface area contributed by atoms with E-state index in [9.17, 15) is 0 Å². The maximum absolute atomic E-state index is 8.32. The lowest BCUT2D eigenvalue weighted by atomic mass is 10.1. The number of hydrogen-bond donors (Lipinski definition) is 2. The SMILES string of the molecule is ONCCCc1cccc(Cl)c1. The highest BCUT2D eigenvalue weighted by Crippen LogP contribution is 2.11. The van der Waals surface area contributed by atoms with Gasteiger partial charge in [-0.2, -0.15) is 0 Å². The van der Waals surface area contributed by atoms with E-state index in [0.717, 1.165) is 17.9 Å². The number of halogens is 1. The minimum Gasteiger partial charge on any atom is -0.317 e. The zero-order chi connectivity index (χ0) is 8.81. The normalized spacial score (nSPS) is 10.2. The molecule has 0 aliphatic rings. The Morgan fingerprint density at radius 2 is 2.25 bits per heavy atom. The Kier molecular flexibility index (Phi) is 4.08. The molecule has 0 bridgehead atoms. The first-order valence-corrected chi connectivity index (χ1v) is 4.32. The maximum atomic E-state index is 8.32. The van der Waals surface area contributed by atoms with Crippen molar-refractivity contribution in [1.82, 2.24) is 5.48 Å². The van der Waals surface area contributed by atoms with Gasteiger partial charge in [-0.05, 0) is 30.5 Å². The average Bonchev–Trinajstić information content (AvgIpc) is 2.05. The fourth-order valence-corrected chi connectivity index (χ4v) is 1.28. The zero-order valence-corrected chi connectivity index (χ0v) is 7.51. The molecule has 0 spiro atoms. The van der Waals surface area contributed by atoms with Crippen LogP contribution in [0.1, 0.15) is 12.0 Å². The Bertz CT molecular complexity index is 240. The third kappa shape index (κ3) is 3.22. The van der Waals surface area contributed by atoms with Crippen LogP contribution in [0.25, 0.3) is 0 Å². The van der Waals surface area contributed by atoms with Crippen LogP contribution < -0.4 is 5.48 Å². The van der Waals surface area contributed by atoms with Gasteiger partial charge < -0.3 is 5.21 Å². The lowest BCUT2D eigenvalue weighted by molar-refractivity contribution is 0.166. The summed E-state index contributed by atoms with van der Waals surface area (Å²) in [6.07, 6.45) is 1.85. The molecule has 12 heavy (non-hydrogen) atoms. The predicted octanol–water partition coefficient (Wildman–Crippen LogP) is 2.25. The Hall–Kier alpha value is -0.570. The van der Waals surface area contributed by atoms with Crippen molar-refractivity contribution in [1.29, 1.82) is 0 Å². The van der Waals surface area contributed by atoms with Gasteiger partial charge in [-0.15, -0.1) is 0 Å². The highest BCUT2D eigenvalue weighted by molar-refractivity contribution is 6.30. The third-order valence-corrected chi connectivity index (χ3v) is 1.88. The summed E-state index contributed by atoms with van der Waals surface area (Å²) in [7, 11) is 0. The molecule has 0 saturated carbocycles. The van der Waals surface area contributed by atoms with Crippen LogP contribution in [0.15, 0.2) is 24.3 Å². The standard InChI is InChI=1S/C9H12ClNO/c10-9-5-1-3-8(7-9)4-2-6-11-12/h1,3,5,7,11-12H,2,4,6H2. The van der Waals surface area contributed by atoms with E-state index in [0.29, 0.717) is 6.54 Å². The third-order valence-electron chi connectivity index (χ3n) is 1.64. The Morgan fingerprint density at radius 1 is 1.42 bits per heavy atom. The average molecular weight is 186 g/mol. The van der Waals surface area contributed by atoms with Crippen LogP contribution in [-0.2, 0) is 6.42 Å². The number of rotatable bonds is 4. The second-order valence-corrected chi connectivity index (χ2v) is 3.08. The quantitative estimate of drug-likeness (QED) is 0.557. The molecule has 0 aliphatic heterocycles. The number of aryl methyl sites for hydroxylation is 1. The van der Waals surface area contributed by atoms with Gasteiger partial charge in [0.1, 0.15) is 0 Å².